The van der Waals surface area contributed by atoms with E-state index in [0.717, 1.165) is 28.6 Å². The van der Waals surface area contributed by atoms with Gasteiger partial charge >= 0.3 is 0 Å². The second kappa shape index (κ2) is 7.72. The van der Waals surface area contributed by atoms with Gasteiger partial charge in [0.2, 0.25) is 0 Å². The number of pyridine rings is 1. The largest absolute Gasteiger partial charge is 0.385 e. The van der Waals surface area contributed by atoms with Crippen LogP contribution in [-0.2, 0) is 15.1 Å². The van der Waals surface area contributed by atoms with Crippen LogP contribution in [0.2, 0.25) is 0 Å². The molecule has 0 unspecified atom stereocenters. The van der Waals surface area contributed by atoms with Crippen molar-refractivity contribution >= 4 is 16.8 Å². The van der Waals surface area contributed by atoms with Crippen LogP contribution < -0.4 is 0 Å². The molecule has 1 atom stereocenters. The lowest BCUT2D eigenvalue weighted by Gasteiger charge is -2.39. The Morgan fingerprint density at radius 1 is 1.31 bits per heavy atom. The van der Waals surface area contributed by atoms with Crippen molar-refractivity contribution in [3.63, 3.8) is 0 Å². The second-order valence-electron chi connectivity index (χ2n) is 7.23. The first-order valence-corrected chi connectivity index (χ1v) is 9.43. The molecule has 2 heterocycles. The van der Waals surface area contributed by atoms with Crippen LogP contribution in [-0.4, -0.2) is 46.7 Å². The molecule has 1 fully saturated rings. The lowest BCUT2D eigenvalue weighted by Crippen LogP contribution is -2.48. The second-order valence-corrected chi connectivity index (χ2v) is 7.23. The normalized spacial score (nSPS) is 18.1. The smallest absolute Gasteiger partial charge is 0.251 e. The number of benzene rings is 1. The molecule has 3 rings (SSSR count). The molecule has 1 aromatic heterocycles. The lowest BCUT2D eigenvalue weighted by atomic mass is 9.83. The number of aliphatic hydroxyl groups is 1. The number of nitrogens with zero attached hydrogens (tertiary/aromatic N) is 2. The van der Waals surface area contributed by atoms with Crippen molar-refractivity contribution in [2.45, 2.75) is 51.7 Å². The Morgan fingerprint density at radius 2 is 2.04 bits per heavy atom. The molecular formula is C21H28N2O3. The predicted molar refractivity (Wildman–Crippen MR) is 102 cm³/mol. The van der Waals surface area contributed by atoms with Crippen molar-refractivity contribution in [2.75, 3.05) is 19.7 Å². The van der Waals surface area contributed by atoms with Crippen molar-refractivity contribution in [1.29, 1.82) is 0 Å². The minimum absolute atomic E-state index is 0.0127. The maximum atomic E-state index is 12.5. The van der Waals surface area contributed by atoms with Crippen LogP contribution in [0.25, 0.3) is 10.9 Å². The van der Waals surface area contributed by atoms with Crippen molar-refractivity contribution < 1.29 is 14.6 Å². The highest BCUT2D eigenvalue weighted by Crippen LogP contribution is 2.34. The average Bonchev–Trinajstić information content (AvgIpc) is 2.65. The molecule has 2 aromatic rings. The fourth-order valence-electron chi connectivity index (χ4n) is 3.53. The number of fused-ring (bicyclic) bond motifs is 1. The Balaban J connectivity index is 1.69. The van der Waals surface area contributed by atoms with E-state index in [1.54, 1.807) is 11.8 Å². The Labute approximate surface area is 155 Å². The highest BCUT2D eigenvalue weighted by molar-refractivity contribution is 5.81. The van der Waals surface area contributed by atoms with Gasteiger partial charge in [-0.15, -0.1) is 0 Å². The maximum Gasteiger partial charge on any atom is 0.251 e. The zero-order chi connectivity index (χ0) is 18.7. The number of ether oxygens (including phenoxy) is 1. The van der Waals surface area contributed by atoms with Gasteiger partial charge in [-0.2, -0.15) is 0 Å². The van der Waals surface area contributed by atoms with Gasteiger partial charge in [-0.3, -0.25) is 9.78 Å². The van der Waals surface area contributed by atoms with E-state index in [2.05, 4.69) is 4.98 Å². The number of amides is 1. The maximum absolute atomic E-state index is 12.5. The van der Waals surface area contributed by atoms with E-state index in [4.69, 9.17) is 4.74 Å². The topological polar surface area (TPSA) is 62.7 Å². The summed E-state index contributed by atoms with van der Waals surface area (Å²) in [5.74, 6) is 0.0127. The molecule has 26 heavy (non-hydrogen) atoms. The van der Waals surface area contributed by atoms with E-state index in [-0.39, 0.29) is 5.91 Å². The Morgan fingerprint density at radius 3 is 2.73 bits per heavy atom. The summed E-state index contributed by atoms with van der Waals surface area (Å²) < 4.78 is 5.54. The summed E-state index contributed by atoms with van der Waals surface area (Å²) in [6, 6.07) is 9.96. The summed E-state index contributed by atoms with van der Waals surface area (Å²) in [5.41, 5.74) is 1.92. The summed E-state index contributed by atoms with van der Waals surface area (Å²) in [6.07, 6.45) is 1.54. The summed E-state index contributed by atoms with van der Waals surface area (Å²) in [4.78, 5) is 18.8. The first-order chi connectivity index (χ1) is 12.4. The van der Waals surface area contributed by atoms with Crippen molar-refractivity contribution in [3.05, 3.63) is 41.6 Å². The molecule has 0 radical (unpaired) electrons. The number of rotatable bonds is 5. The van der Waals surface area contributed by atoms with Gasteiger partial charge in [-0.1, -0.05) is 19.1 Å². The molecule has 0 aliphatic carbocycles. The van der Waals surface area contributed by atoms with Crippen LogP contribution in [0.1, 0.15) is 44.4 Å². The SMILES string of the molecule is CCCO[C@@H](C)C(=O)N1CCC(O)(c2ccc3nc(C)ccc3c2)CC1. The van der Waals surface area contributed by atoms with Gasteiger partial charge in [0.15, 0.2) is 0 Å². The van der Waals surface area contributed by atoms with Gasteiger partial charge in [0.25, 0.3) is 5.91 Å². The third kappa shape index (κ3) is 3.89. The molecule has 0 spiro atoms. The number of carbonyl (C=O) groups excluding carboxylic acids is 1. The van der Waals surface area contributed by atoms with Gasteiger partial charge < -0.3 is 14.7 Å². The highest BCUT2D eigenvalue weighted by atomic mass is 16.5. The Bertz CT molecular complexity index is 782. The monoisotopic (exact) mass is 356 g/mol. The van der Waals surface area contributed by atoms with Crippen LogP contribution in [0.5, 0.6) is 0 Å². The van der Waals surface area contributed by atoms with Gasteiger partial charge in [-0.05, 0) is 56.9 Å². The van der Waals surface area contributed by atoms with Gasteiger partial charge in [0, 0.05) is 30.8 Å². The average molecular weight is 356 g/mol. The van der Waals surface area contributed by atoms with E-state index in [0.29, 0.717) is 32.5 Å². The van der Waals surface area contributed by atoms with E-state index in [9.17, 15) is 9.90 Å². The standard InChI is InChI=1S/C21H28N2O3/c1-4-13-26-16(3)20(24)23-11-9-21(25,10-12-23)18-7-8-19-17(14-18)6-5-15(2)22-19/h5-8,14,16,25H,4,9-13H2,1-3H3/t16-/m0/s1. The molecule has 1 N–H and O–H groups in total. The molecule has 0 bridgehead atoms. The molecule has 1 amide bonds. The van der Waals surface area contributed by atoms with Gasteiger partial charge in [0.05, 0.1) is 11.1 Å². The van der Waals surface area contributed by atoms with Crippen molar-refractivity contribution in [1.82, 2.24) is 9.88 Å². The van der Waals surface area contributed by atoms with Crippen molar-refractivity contribution in [3.8, 4) is 0 Å². The first kappa shape index (κ1) is 18.8. The molecule has 5 heteroatoms. The summed E-state index contributed by atoms with van der Waals surface area (Å²) in [6.45, 7) is 7.47. The number of piperidine rings is 1. The fourth-order valence-corrected chi connectivity index (χ4v) is 3.53. The van der Waals surface area contributed by atoms with Gasteiger partial charge in [0.1, 0.15) is 6.10 Å². The molecule has 1 aromatic carbocycles. The molecule has 1 saturated heterocycles. The zero-order valence-electron chi connectivity index (χ0n) is 15.9. The minimum Gasteiger partial charge on any atom is -0.385 e. The van der Waals surface area contributed by atoms with Crippen LogP contribution in [0.3, 0.4) is 0 Å². The summed E-state index contributed by atoms with van der Waals surface area (Å²) in [7, 11) is 0. The van der Waals surface area contributed by atoms with Crippen LogP contribution in [0.15, 0.2) is 30.3 Å². The number of aryl methyl sites for hydroxylation is 1. The number of aromatic nitrogens is 1. The van der Waals surface area contributed by atoms with Crippen LogP contribution >= 0.6 is 0 Å². The van der Waals surface area contributed by atoms with E-state index >= 15 is 0 Å². The van der Waals surface area contributed by atoms with E-state index < -0.39 is 11.7 Å². The fraction of sp³-hybridized carbons (Fsp3) is 0.524. The number of hydrogen-bond donors (Lipinski definition) is 1. The van der Waals surface area contributed by atoms with Crippen molar-refractivity contribution in [2.24, 2.45) is 0 Å². The summed E-state index contributed by atoms with van der Waals surface area (Å²) in [5, 5.41) is 12.2. The number of likely N-dealkylation sites (tertiary alicyclic amines) is 1. The van der Waals surface area contributed by atoms with E-state index in [1.807, 2.05) is 44.2 Å². The number of carbonyl (C=O) groups is 1. The molecule has 140 valence electrons. The van der Waals surface area contributed by atoms with Crippen LogP contribution in [0, 0.1) is 6.92 Å². The van der Waals surface area contributed by atoms with Crippen LogP contribution in [0.4, 0.5) is 0 Å². The molecular weight excluding hydrogens is 328 g/mol. The molecule has 0 saturated carbocycles. The zero-order valence-corrected chi connectivity index (χ0v) is 15.9. The van der Waals surface area contributed by atoms with E-state index in [1.165, 1.54) is 0 Å². The lowest BCUT2D eigenvalue weighted by molar-refractivity contribution is -0.147. The molecule has 1 aliphatic heterocycles. The Hall–Kier alpha value is -1.98. The minimum atomic E-state index is -0.899. The third-order valence-corrected chi connectivity index (χ3v) is 5.19. The highest BCUT2D eigenvalue weighted by Gasteiger charge is 2.36. The molecule has 1 aliphatic rings. The third-order valence-electron chi connectivity index (χ3n) is 5.19. The quantitative estimate of drug-likeness (QED) is 0.894. The Kier molecular flexibility index (Phi) is 5.58. The first-order valence-electron chi connectivity index (χ1n) is 9.43. The summed E-state index contributed by atoms with van der Waals surface area (Å²) >= 11 is 0. The predicted octanol–water partition coefficient (Wildman–Crippen LogP) is 3.17. The molecule has 5 nitrogen and oxygen atoms in total. The van der Waals surface area contributed by atoms with Gasteiger partial charge in [-0.25, -0.2) is 0 Å². The number of hydrogen-bond acceptors (Lipinski definition) is 4.